The van der Waals surface area contributed by atoms with Gasteiger partial charge in [0, 0.05) is 45.0 Å². The molecule has 0 fully saturated rings. The van der Waals surface area contributed by atoms with Gasteiger partial charge in [-0.1, -0.05) is 167 Å². The quantitative estimate of drug-likeness (QED) is 0.150. The van der Waals surface area contributed by atoms with E-state index in [9.17, 15) is 0 Å². The molecule has 3 heteroatoms. The van der Waals surface area contributed by atoms with E-state index in [1.165, 1.54) is 101 Å². The van der Waals surface area contributed by atoms with Crippen LogP contribution in [0.2, 0.25) is 0 Å². The number of hydrogen-bond donors (Lipinski definition) is 0. The van der Waals surface area contributed by atoms with Crippen LogP contribution < -0.4 is 14.7 Å². The van der Waals surface area contributed by atoms with Crippen LogP contribution in [0.5, 0.6) is 0 Å². The summed E-state index contributed by atoms with van der Waals surface area (Å²) in [6, 6.07) is 85.3. The monoisotopic (exact) mass is 913 g/mol. The molecular formula is C68H55N3. The van der Waals surface area contributed by atoms with Gasteiger partial charge in [0.05, 0.1) is 17.1 Å². The molecule has 10 aromatic rings. The first-order valence-electron chi connectivity index (χ1n) is 25.1. The van der Waals surface area contributed by atoms with Gasteiger partial charge in [-0.3, -0.25) is 0 Å². The molecule has 0 unspecified atom stereocenters. The SMILES string of the molecule is CC1(C)c2ccccc2N2c3ccc(-c4ccc(N(C5=Cc6ccccc6CC5)c5ccccc5)cc4)cc3C(C)(C)c3cc(-c4ccc(N(c5ccccc5)c5ccc6ccccc6c5)cc4)cc1c32. The van der Waals surface area contributed by atoms with Gasteiger partial charge in [-0.2, -0.15) is 0 Å². The summed E-state index contributed by atoms with van der Waals surface area (Å²) in [5.74, 6) is 0. The zero-order valence-electron chi connectivity index (χ0n) is 40.8. The zero-order chi connectivity index (χ0) is 47.8. The van der Waals surface area contributed by atoms with Crippen molar-refractivity contribution in [1.29, 1.82) is 0 Å². The summed E-state index contributed by atoms with van der Waals surface area (Å²) in [6.45, 7) is 9.68. The Balaban J connectivity index is 0.898. The molecule has 0 bridgehead atoms. The molecule has 0 amide bonds. The summed E-state index contributed by atoms with van der Waals surface area (Å²) in [5.41, 5.74) is 23.3. The van der Waals surface area contributed by atoms with Crippen molar-refractivity contribution in [3.63, 3.8) is 0 Å². The molecule has 0 spiro atoms. The minimum atomic E-state index is -0.307. The first-order chi connectivity index (χ1) is 34.7. The fourth-order valence-corrected chi connectivity index (χ4v) is 11.9. The molecule has 71 heavy (non-hydrogen) atoms. The summed E-state index contributed by atoms with van der Waals surface area (Å²) in [6.07, 6.45) is 4.40. The van der Waals surface area contributed by atoms with Crippen molar-refractivity contribution in [2.75, 3.05) is 14.7 Å². The number of para-hydroxylation sites is 3. The average molecular weight is 914 g/mol. The van der Waals surface area contributed by atoms with Crippen LogP contribution in [0, 0.1) is 0 Å². The zero-order valence-corrected chi connectivity index (χ0v) is 40.8. The Hall–Kier alpha value is -8.40. The fourth-order valence-electron chi connectivity index (χ4n) is 11.9. The van der Waals surface area contributed by atoms with Gasteiger partial charge < -0.3 is 14.7 Å². The van der Waals surface area contributed by atoms with Crippen LogP contribution in [0.1, 0.15) is 67.5 Å². The van der Waals surface area contributed by atoms with Crippen LogP contribution in [0.25, 0.3) is 39.1 Å². The second-order valence-electron chi connectivity index (χ2n) is 20.6. The van der Waals surface area contributed by atoms with Crippen LogP contribution in [0.15, 0.2) is 236 Å². The van der Waals surface area contributed by atoms with Gasteiger partial charge in [-0.15, -0.1) is 0 Å². The van der Waals surface area contributed by atoms with E-state index in [0.717, 1.165) is 29.9 Å². The van der Waals surface area contributed by atoms with E-state index in [0.29, 0.717) is 0 Å². The maximum absolute atomic E-state index is 2.57. The summed E-state index contributed by atoms with van der Waals surface area (Å²) in [7, 11) is 0. The van der Waals surface area contributed by atoms with Crippen molar-refractivity contribution in [1.82, 2.24) is 0 Å². The summed E-state index contributed by atoms with van der Waals surface area (Å²) >= 11 is 0. The second kappa shape index (κ2) is 16.6. The lowest BCUT2D eigenvalue weighted by Crippen LogP contribution is -2.38. The lowest BCUT2D eigenvalue weighted by atomic mass is 9.65. The molecule has 0 saturated heterocycles. The van der Waals surface area contributed by atoms with Crippen molar-refractivity contribution in [2.24, 2.45) is 0 Å². The Kier molecular flexibility index (Phi) is 10.0. The smallest absolute Gasteiger partial charge is 0.0544 e. The number of rotatable bonds is 8. The number of anilines is 8. The molecule has 342 valence electrons. The largest absolute Gasteiger partial charge is 0.314 e. The highest BCUT2D eigenvalue weighted by Crippen LogP contribution is 2.61. The standard InChI is InChI=1S/C68H55N3/c1-67(2)60-25-15-16-26-64(60)71-65-40-33-52(48-27-34-56(35-28-48)69(54-21-7-5-8-22-54)58-38-31-46-17-11-13-19-50(46)41-58)43-61(65)68(3,4)63-45-53(44-62(67)66(63)71)49-29-36-57(37-30-49)70(55-23-9-6-10-24-55)59-39-32-47-18-12-14-20-51(47)42-59/h5-30,32-37,39-45H,31,38H2,1-4H3. The maximum Gasteiger partial charge on any atom is 0.0544 e. The van der Waals surface area contributed by atoms with E-state index in [2.05, 4.69) is 279 Å². The van der Waals surface area contributed by atoms with Crippen LogP contribution in [0.4, 0.5) is 45.5 Å². The Bertz CT molecular complexity index is 3700. The molecule has 2 aliphatic heterocycles. The predicted molar refractivity (Wildman–Crippen MR) is 300 cm³/mol. The third-order valence-electron chi connectivity index (χ3n) is 15.7. The van der Waals surface area contributed by atoms with Crippen LogP contribution in [0.3, 0.4) is 0 Å². The number of aryl methyl sites for hydroxylation is 1. The highest BCUT2D eigenvalue weighted by atomic mass is 15.2. The molecular weight excluding hydrogens is 859 g/mol. The van der Waals surface area contributed by atoms with E-state index in [-0.39, 0.29) is 10.8 Å². The van der Waals surface area contributed by atoms with Gasteiger partial charge in [0.1, 0.15) is 0 Å². The highest BCUT2D eigenvalue weighted by molar-refractivity contribution is 5.96. The Morgan fingerprint density at radius 2 is 0.859 bits per heavy atom. The molecule has 0 saturated carbocycles. The molecule has 13 rings (SSSR count). The van der Waals surface area contributed by atoms with Gasteiger partial charge in [0.25, 0.3) is 0 Å². The van der Waals surface area contributed by atoms with Crippen LogP contribution in [-0.2, 0) is 17.3 Å². The maximum atomic E-state index is 2.57. The second-order valence-corrected chi connectivity index (χ2v) is 20.6. The lowest BCUT2D eigenvalue weighted by molar-refractivity contribution is 0.598. The summed E-state index contributed by atoms with van der Waals surface area (Å²) in [4.78, 5) is 7.37. The Labute approximate surface area is 418 Å². The van der Waals surface area contributed by atoms with E-state index in [4.69, 9.17) is 0 Å². The Morgan fingerprint density at radius 3 is 1.58 bits per heavy atom. The van der Waals surface area contributed by atoms with E-state index in [1.807, 2.05) is 0 Å². The molecule has 0 radical (unpaired) electrons. The number of benzene rings is 10. The minimum absolute atomic E-state index is 0.229. The molecule has 3 nitrogen and oxygen atoms in total. The van der Waals surface area contributed by atoms with E-state index < -0.39 is 0 Å². The molecule has 10 aromatic carbocycles. The third kappa shape index (κ3) is 7.10. The topological polar surface area (TPSA) is 9.72 Å². The minimum Gasteiger partial charge on any atom is -0.314 e. The van der Waals surface area contributed by atoms with Crippen molar-refractivity contribution in [3.8, 4) is 22.3 Å². The van der Waals surface area contributed by atoms with Crippen LogP contribution in [-0.4, -0.2) is 0 Å². The number of fused-ring (bicyclic) bond motifs is 6. The Morgan fingerprint density at radius 1 is 0.352 bits per heavy atom. The first-order valence-corrected chi connectivity index (χ1v) is 25.1. The van der Waals surface area contributed by atoms with Crippen molar-refractivity contribution in [3.05, 3.63) is 270 Å². The predicted octanol–water partition coefficient (Wildman–Crippen LogP) is 18.5. The molecule has 2 heterocycles. The molecule has 3 aliphatic rings. The highest BCUT2D eigenvalue weighted by Gasteiger charge is 2.46. The number of allylic oxidation sites excluding steroid dienone is 1. The number of nitrogens with zero attached hydrogens (tertiary/aromatic N) is 3. The third-order valence-corrected chi connectivity index (χ3v) is 15.7. The normalized spacial score (nSPS) is 14.6. The van der Waals surface area contributed by atoms with Crippen molar-refractivity contribution >= 4 is 62.3 Å². The fraction of sp³-hybridized carbons (Fsp3) is 0.118. The van der Waals surface area contributed by atoms with Gasteiger partial charge in [0.2, 0.25) is 0 Å². The average Bonchev–Trinajstić information content (AvgIpc) is 3.42. The molecule has 0 atom stereocenters. The van der Waals surface area contributed by atoms with Crippen LogP contribution >= 0.6 is 0 Å². The molecule has 0 N–H and O–H groups in total. The van der Waals surface area contributed by atoms with Gasteiger partial charge in [-0.25, -0.2) is 0 Å². The molecule has 0 aromatic heterocycles. The van der Waals surface area contributed by atoms with Gasteiger partial charge in [0.15, 0.2) is 0 Å². The summed E-state index contributed by atoms with van der Waals surface area (Å²) < 4.78 is 0. The van der Waals surface area contributed by atoms with Crippen molar-refractivity contribution in [2.45, 2.75) is 51.4 Å². The molecule has 1 aliphatic carbocycles. The van der Waals surface area contributed by atoms with Crippen molar-refractivity contribution < 1.29 is 0 Å². The summed E-state index contributed by atoms with van der Waals surface area (Å²) in [5, 5.41) is 2.46. The van der Waals surface area contributed by atoms with E-state index >= 15 is 0 Å². The van der Waals surface area contributed by atoms with E-state index in [1.54, 1.807) is 0 Å². The number of hydrogen-bond acceptors (Lipinski definition) is 3. The van der Waals surface area contributed by atoms with Gasteiger partial charge in [-0.05, 0) is 176 Å². The first kappa shape index (κ1) is 42.7. The van der Waals surface area contributed by atoms with Gasteiger partial charge >= 0.3 is 0 Å². The lowest BCUT2D eigenvalue weighted by Gasteiger charge is -2.50.